The van der Waals surface area contributed by atoms with Gasteiger partial charge in [-0.05, 0) is 11.5 Å². The maximum absolute atomic E-state index is 11.8. The fourth-order valence-corrected chi connectivity index (χ4v) is 1.47. The number of benzene rings is 1. The van der Waals surface area contributed by atoms with Crippen LogP contribution in [-0.2, 0) is 9.59 Å². The highest BCUT2D eigenvalue weighted by atomic mass is 16.4. The van der Waals surface area contributed by atoms with Crippen LogP contribution in [0.1, 0.15) is 25.5 Å². The molecule has 1 aromatic carbocycles. The first-order chi connectivity index (χ1) is 8.43. The Balaban J connectivity index is 2.83. The van der Waals surface area contributed by atoms with Gasteiger partial charge in [0.05, 0.1) is 6.04 Å². The summed E-state index contributed by atoms with van der Waals surface area (Å²) < 4.78 is 0. The van der Waals surface area contributed by atoms with Crippen molar-refractivity contribution in [3.8, 4) is 0 Å². The molecule has 1 rings (SSSR count). The number of carbonyl (C=O) groups is 2. The van der Waals surface area contributed by atoms with E-state index in [2.05, 4.69) is 5.32 Å². The molecular weight excluding hydrogens is 232 g/mol. The van der Waals surface area contributed by atoms with Crippen LogP contribution in [-0.4, -0.2) is 23.0 Å². The summed E-state index contributed by atoms with van der Waals surface area (Å²) in [5.41, 5.74) is 6.20. The third kappa shape index (κ3) is 3.56. The third-order valence-corrected chi connectivity index (χ3v) is 2.69. The number of hydrogen-bond donors (Lipinski definition) is 3. The molecule has 0 radical (unpaired) electrons. The van der Waals surface area contributed by atoms with Crippen LogP contribution in [0.3, 0.4) is 0 Å². The van der Waals surface area contributed by atoms with Gasteiger partial charge in [-0.15, -0.1) is 0 Å². The number of carbonyl (C=O) groups excluding carboxylic acids is 1. The maximum Gasteiger partial charge on any atom is 0.330 e. The number of amides is 1. The van der Waals surface area contributed by atoms with Crippen molar-refractivity contribution in [3.05, 3.63) is 35.9 Å². The predicted molar refractivity (Wildman–Crippen MR) is 67.8 cm³/mol. The lowest BCUT2D eigenvalue weighted by molar-refractivity contribution is -0.142. The lowest BCUT2D eigenvalue weighted by atomic mass is 10.0. The van der Waals surface area contributed by atoms with E-state index < -0.39 is 24.0 Å². The van der Waals surface area contributed by atoms with Gasteiger partial charge >= 0.3 is 5.97 Å². The Labute approximate surface area is 106 Å². The first-order valence-electron chi connectivity index (χ1n) is 5.77. The van der Waals surface area contributed by atoms with Gasteiger partial charge in [0.25, 0.3) is 0 Å². The highest BCUT2D eigenvalue weighted by molar-refractivity contribution is 5.87. The molecule has 5 heteroatoms. The van der Waals surface area contributed by atoms with Crippen LogP contribution in [0.4, 0.5) is 0 Å². The van der Waals surface area contributed by atoms with E-state index in [9.17, 15) is 9.59 Å². The van der Waals surface area contributed by atoms with Gasteiger partial charge < -0.3 is 16.2 Å². The summed E-state index contributed by atoms with van der Waals surface area (Å²) >= 11 is 0. The number of aliphatic carboxylic acids is 1. The van der Waals surface area contributed by atoms with Crippen LogP contribution in [0.2, 0.25) is 0 Å². The van der Waals surface area contributed by atoms with E-state index in [1.807, 2.05) is 13.8 Å². The first kappa shape index (κ1) is 14.2. The van der Waals surface area contributed by atoms with E-state index in [0.29, 0.717) is 5.56 Å². The minimum Gasteiger partial charge on any atom is -0.479 e. The number of carboxylic acid groups (broad SMARTS) is 1. The summed E-state index contributed by atoms with van der Waals surface area (Å²) in [6, 6.07) is 6.75. The van der Waals surface area contributed by atoms with E-state index >= 15 is 0 Å². The van der Waals surface area contributed by atoms with Crippen LogP contribution in [0, 0.1) is 5.92 Å². The molecule has 0 aliphatic rings. The van der Waals surface area contributed by atoms with Gasteiger partial charge in [0.2, 0.25) is 5.91 Å². The van der Waals surface area contributed by atoms with Crippen LogP contribution in [0.15, 0.2) is 30.3 Å². The standard InChI is InChI=1S/C13H18N2O3/c1-8(2)10(14)12(16)15-11(13(17)18)9-6-4-3-5-7-9/h3-8,10-11H,14H2,1-2H3,(H,15,16)(H,17,18)/t10-,11-/m0/s1. The van der Waals surface area contributed by atoms with Crippen LogP contribution < -0.4 is 11.1 Å². The molecule has 0 aliphatic carbocycles. The molecule has 0 saturated heterocycles. The average molecular weight is 250 g/mol. The Morgan fingerprint density at radius 1 is 1.22 bits per heavy atom. The normalized spacial score (nSPS) is 14.0. The molecule has 0 bridgehead atoms. The molecule has 0 aliphatic heterocycles. The Hall–Kier alpha value is -1.88. The van der Waals surface area contributed by atoms with Gasteiger partial charge in [0.15, 0.2) is 6.04 Å². The molecule has 0 heterocycles. The second kappa shape index (κ2) is 6.16. The van der Waals surface area contributed by atoms with Crippen LogP contribution in [0.5, 0.6) is 0 Å². The second-order valence-electron chi connectivity index (χ2n) is 4.46. The van der Waals surface area contributed by atoms with E-state index in [1.165, 1.54) is 0 Å². The molecule has 0 aromatic heterocycles. The zero-order valence-electron chi connectivity index (χ0n) is 10.5. The SMILES string of the molecule is CC(C)[C@H](N)C(=O)N[C@H](C(=O)O)c1ccccc1. The Morgan fingerprint density at radius 2 is 1.78 bits per heavy atom. The monoisotopic (exact) mass is 250 g/mol. The third-order valence-electron chi connectivity index (χ3n) is 2.69. The van der Waals surface area contributed by atoms with Crippen molar-refractivity contribution in [3.63, 3.8) is 0 Å². The fourth-order valence-electron chi connectivity index (χ4n) is 1.47. The van der Waals surface area contributed by atoms with E-state index in [-0.39, 0.29) is 5.92 Å². The smallest absolute Gasteiger partial charge is 0.330 e. The number of nitrogens with one attached hydrogen (secondary N) is 1. The zero-order chi connectivity index (χ0) is 13.7. The molecule has 18 heavy (non-hydrogen) atoms. The van der Waals surface area contributed by atoms with Crippen LogP contribution in [0.25, 0.3) is 0 Å². The largest absolute Gasteiger partial charge is 0.479 e. The second-order valence-corrected chi connectivity index (χ2v) is 4.46. The molecule has 4 N–H and O–H groups in total. The van der Waals surface area contributed by atoms with E-state index in [1.54, 1.807) is 30.3 Å². The fraction of sp³-hybridized carbons (Fsp3) is 0.385. The summed E-state index contributed by atoms with van der Waals surface area (Å²) in [6.45, 7) is 3.62. The average Bonchev–Trinajstić information content (AvgIpc) is 2.35. The van der Waals surface area contributed by atoms with Gasteiger partial charge in [-0.3, -0.25) is 4.79 Å². The van der Waals surface area contributed by atoms with Crippen LogP contribution >= 0.6 is 0 Å². The summed E-state index contributed by atoms with van der Waals surface area (Å²) in [7, 11) is 0. The molecule has 1 aromatic rings. The quantitative estimate of drug-likeness (QED) is 0.724. The van der Waals surface area contributed by atoms with Gasteiger partial charge in [0, 0.05) is 0 Å². The lowest BCUT2D eigenvalue weighted by Gasteiger charge is -2.20. The Morgan fingerprint density at radius 3 is 2.22 bits per heavy atom. The van der Waals surface area contributed by atoms with Gasteiger partial charge in [-0.2, -0.15) is 0 Å². The van der Waals surface area contributed by atoms with Crippen molar-refractivity contribution in [2.45, 2.75) is 25.9 Å². The first-order valence-corrected chi connectivity index (χ1v) is 5.77. The molecule has 5 nitrogen and oxygen atoms in total. The highest BCUT2D eigenvalue weighted by Gasteiger charge is 2.25. The molecule has 0 unspecified atom stereocenters. The number of hydrogen-bond acceptors (Lipinski definition) is 3. The van der Waals surface area contributed by atoms with E-state index in [4.69, 9.17) is 10.8 Å². The van der Waals surface area contributed by atoms with Crippen molar-refractivity contribution in [1.29, 1.82) is 0 Å². The van der Waals surface area contributed by atoms with Crippen molar-refractivity contribution in [1.82, 2.24) is 5.32 Å². The number of nitrogens with two attached hydrogens (primary N) is 1. The van der Waals surface area contributed by atoms with Gasteiger partial charge in [-0.1, -0.05) is 44.2 Å². The number of rotatable bonds is 5. The number of carboxylic acids is 1. The Bertz CT molecular complexity index is 418. The summed E-state index contributed by atoms with van der Waals surface area (Å²) in [6.07, 6.45) is 0. The Kier molecular flexibility index (Phi) is 4.85. The van der Waals surface area contributed by atoms with Gasteiger partial charge in [0.1, 0.15) is 0 Å². The van der Waals surface area contributed by atoms with Crippen molar-refractivity contribution in [2.75, 3.05) is 0 Å². The topological polar surface area (TPSA) is 92.4 Å². The molecule has 2 atom stereocenters. The highest BCUT2D eigenvalue weighted by Crippen LogP contribution is 2.13. The summed E-state index contributed by atoms with van der Waals surface area (Å²) in [5.74, 6) is -1.61. The van der Waals surface area contributed by atoms with Crippen molar-refractivity contribution >= 4 is 11.9 Å². The van der Waals surface area contributed by atoms with Gasteiger partial charge in [-0.25, -0.2) is 4.79 Å². The van der Waals surface area contributed by atoms with E-state index in [0.717, 1.165) is 0 Å². The predicted octanol–water partition coefficient (Wildman–Crippen LogP) is 0.912. The molecule has 0 fully saturated rings. The zero-order valence-corrected chi connectivity index (χ0v) is 10.5. The van der Waals surface area contributed by atoms with Crippen molar-refractivity contribution < 1.29 is 14.7 Å². The molecule has 0 spiro atoms. The molecular formula is C13H18N2O3. The van der Waals surface area contributed by atoms with Crippen molar-refractivity contribution in [2.24, 2.45) is 11.7 Å². The maximum atomic E-state index is 11.8. The molecule has 1 amide bonds. The lowest BCUT2D eigenvalue weighted by Crippen LogP contribution is -2.46. The summed E-state index contributed by atoms with van der Waals surface area (Å²) in [4.78, 5) is 22.9. The summed E-state index contributed by atoms with van der Waals surface area (Å²) in [5, 5.41) is 11.6. The molecule has 0 saturated carbocycles. The minimum atomic E-state index is -1.11. The minimum absolute atomic E-state index is 0.0461. The molecule has 98 valence electrons.